The molecule has 1 fully saturated rings. The van der Waals surface area contributed by atoms with Gasteiger partial charge in [0.05, 0.1) is 18.2 Å². The minimum Gasteiger partial charge on any atom is -0.494 e. The molecule has 3 rings (SSSR count). The van der Waals surface area contributed by atoms with Gasteiger partial charge in [0.15, 0.2) is 0 Å². The predicted molar refractivity (Wildman–Crippen MR) is 103 cm³/mol. The molecule has 1 aromatic heterocycles. The molecule has 2 heterocycles. The lowest BCUT2D eigenvalue weighted by Gasteiger charge is -2.42. The molecule has 1 saturated heterocycles. The number of hydrogen-bond acceptors (Lipinski definition) is 6. The summed E-state index contributed by atoms with van der Waals surface area (Å²) in [6.45, 7) is 7.24. The Bertz CT molecular complexity index is 826. The van der Waals surface area contributed by atoms with E-state index >= 15 is 0 Å². The van der Waals surface area contributed by atoms with Crippen molar-refractivity contribution in [3.63, 3.8) is 0 Å². The van der Waals surface area contributed by atoms with Crippen LogP contribution in [-0.2, 0) is 10.3 Å². The molecule has 0 unspecified atom stereocenters. The van der Waals surface area contributed by atoms with Gasteiger partial charge >= 0.3 is 0 Å². The van der Waals surface area contributed by atoms with Crippen molar-refractivity contribution in [3.05, 3.63) is 30.1 Å². The van der Waals surface area contributed by atoms with Gasteiger partial charge in [-0.1, -0.05) is 26.8 Å². The van der Waals surface area contributed by atoms with Crippen molar-refractivity contribution < 1.29 is 14.6 Å². The Kier molecular flexibility index (Phi) is 5.62. The Balaban J connectivity index is 2.12. The van der Waals surface area contributed by atoms with E-state index < -0.39 is 11.6 Å². The predicted octanol–water partition coefficient (Wildman–Crippen LogP) is 1.60. The number of fused-ring (bicyclic) bond motifs is 1. The third kappa shape index (κ3) is 3.75. The van der Waals surface area contributed by atoms with Crippen molar-refractivity contribution in [2.24, 2.45) is 11.8 Å². The number of benzene rings is 1. The lowest BCUT2D eigenvalue weighted by atomic mass is 9.78. The third-order valence-corrected chi connectivity index (χ3v) is 5.20. The summed E-state index contributed by atoms with van der Waals surface area (Å²) in [6.07, 6.45) is 2.96. The van der Waals surface area contributed by atoms with Crippen LogP contribution in [0.5, 0.6) is 5.75 Å². The molecule has 27 heavy (non-hydrogen) atoms. The Morgan fingerprint density at radius 1 is 1.33 bits per heavy atom. The van der Waals surface area contributed by atoms with Gasteiger partial charge in [-0.2, -0.15) is 0 Å². The number of aliphatic hydroxyl groups is 1. The molecule has 1 aliphatic rings. The number of nitrogens with one attached hydrogen (secondary N) is 2. The molecule has 0 aliphatic carbocycles. The summed E-state index contributed by atoms with van der Waals surface area (Å²) >= 11 is 0. The van der Waals surface area contributed by atoms with Crippen LogP contribution in [0.2, 0.25) is 0 Å². The normalized spacial score (nSPS) is 24.0. The van der Waals surface area contributed by atoms with E-state index in [0.29, 0.717) is 29.2 Å². The highest BCUT2D eigenvalue weighted by Gasteiger charge is 2.41. The summed E-state index contributed by atoms with van der Waals surface area (Å²) in [5.41, 5.74) is 1.57. The average Bonchev–Trinajstić information content (AvgIpc) is 2.66. The zero-order valence-corrected chi connectivity index (χ0v) is 16.3. The first-order valence-electron chi connectivity index (χ1n) is 9.37. The van der Waals surface area contributed by atoms with Gasteiger partial charge in [0.25, 0.3) is 0 Å². The summed E-state index contributed by atoms with van der Waals surface area (Å²) in [6, 6.07) is 3.80. The van der Waals surface area contributed by atoms with Crippen LogP contribution in [0.3, 0.4) is 0 Å². The molecule has 146 valence electrons. The lowest BCUT2D eigenvalue weighted by Crippen LogP contribution is -2.59. The second-order valence-electron chi connectivity index (χ2n) is 7.77. The Labute approximate surface area is 159 Å². The van der Waals surface area contributed by atoms with Gasteiger partial charge < -0.3 is 20.5 Å². The Morgan fingerprint density at radius 2 is 2.04 bits per heavy atom. The smallest absolute Gasteiger partial charge is 0.249 e. The number of aliphatic hydroxyl groups excluding tert-OH is 1. The topological polar surface area (TPSA) is 96.4 Å². The number of ether oxygens (including phenoxy) is 1. The quantitative estimate of drug-likeness (QED) is 0.738. The van der Waals surface area contributed by atoms with Gasteiger partial charge in [0.2, 0.25) is 5.91 Å². The van der Waals surface area contributed by atoms with Crippen LogP contribution >= 0.6 is 0 Å². The zero-order valence-electron chi connectivity index (χ0n) is 16.3. The van der Waals surface area contributed by atoms with Gasteiger partial charge in [-0.25, -0.2) is 4.98 Å². The number of amides is 1. The highest BCUT2D eigenvalue weighted by molar-refractivity contribution is 5.87. The maximum absolute atomic E-state index is 12.7. The number of hydrogen-bond donors (Lipinski definition) is 3. The molecule has 0 spiro atoms. The van der Waals surface area contributed by atoms with Gasteiger partial charge in [-0.05, 0) is 30.9 Å². The van der Waals surface area contributed by atoms with Crippen LogP contribution in [0.15, 0.2) is 24.5 Å². The van der Waals surface area contributed by atoms with E-state index in [9.17, 15) is 9.90 Å². The van der Waals surface area contributed by atoms with E-state index in [2.05, 4.69) is 27.5 Å². The summed E-state index contributed by atoms with van der Waals surface area (Å²) in [5.74, 6) is 0.462. The molecule has 1 aromatic carbocycles. The number of carbonyl (C=O) groups is 1. The van der Waals surface area contributed by atoms with Crippen molar-refractivity contribution in [1.29, 1.82) is 0 Å². The largest absolute Gasteiger partial charge is 0.494 e. The second-order valence-corrected chi connectivity index (χ2v) is 7.77. The number of nitrogens with zero attached hydrogens (tertiary/aromatic N) is 2. The molecular formula is C20H28N4O3. The molecule has 2 aromatic rings. The summed E-state index contributed by atoms with van der Waals surface area (Å²) in [4.78, 5) is 21.7. The molecular weight excluding hydrogens is 344 g/mol. The molecule has 3 N–H and O–H groups in total. The summed E-state index contributed by atoms with van der Waals surface area (Å²) in [5, 5.41) is 16.8. The monoisotopic (exact) mass is 372 g/mol. The van der Waals surface area contributed by atoms with E-state index in [0.717, 1.165) is 18.5 Å². The van der Waals surface area contributed by atoms with Gasteiger partial charge in [0, 0.05) is 24.5 Å². The van der Waals surface area contributed by atoms with Crippen molar-refractivity contribution in [1.82, 2.24) is 20.6 Å². The van der Waals surface area contributed by atoms with Crippen LogP contribution < -0.4 is 15.4 Å². The molecule has 7 heteroatoms. The average molecular weight is 372 g/mol. The van der Waals surface area contributed by atoms with Gasteiger partial charge in [-0.3, -0.25) is 9.78 Å². The zero-order chi connectivity index (χ0) is 19.6. The number of rotatable bonds is 5. The first kappa shape index (κ1) is 19.5. The number of methoxy groups -OCH3 is 1. The third-order valence-electron chi connectivity index (χ3n) is 5.20. The SMILES string of the molecule is COc1ccc([C@@]2(NC(=O)[C@H](O)C(C)C)CNC[C@@H](C)C2)c2nccnc12. The van der Waals surface area contributed by atoms with Crippen LogP contribution in [0.1, 0.15) is 32.8 Å². The van der Waals surface area contributed by atoms with E-state index in [1.54, 1.807) is 19.5 Å². The summed E-state index contributed by atoms with van der Waals surface area (Å²) in [7, 11) is 1.60. The van der Waals surface area contributed by atoms with E-state index in [1.807, 2.05) is 26.0 Å². The first-order valence-corrected chi connectivity index (χ1v) is 9.37. The number of piperidine rings is 1. The Hall–Kier alpha value is -2.25. The molecule has 0 saturated carbocycles. The highest BCUT2D eigenvalue weighted by Crippen LogP contribution is 2.37. The number of aromatic nitrogens is 2. The van der Waals surface area contributed by atoms with Crippen LogP contribution in [-0.4, -0.2) is 47.3 Å². The minimum atomic E-state index is -1.06. The van der Waals surface area contributed by atoms with Crippen molar-refractivity contribution in [2.45, 2.75) is 38.8 Å². The van der Waals surface area contributed by atoms with E-state index in [-0.39, 0.29) is 11.8 Å². The highest BCUT2D eigenvalue weighted by atomic mass is 16.5. The van der Waals surface area contributed by atoms with Gasteiger partial charge in [-0.15, -0.1) is 0 Å². The van der Waals surface area contributed by atoms with Crippen molar-refractivity contribution >= 4 is 16.9 Å². The maximum atomic E-state index is 12.7. The minimum absolute atomic E-state index is 0.163. The fourth-order valence-electron chi connectivity index (χ4n) is 3.83. The van der Waals surface area contributed by atoms with Crippen LogP contribution in [0, 0.1) is 11.8 Å². The van der Waals surface area contributed by atoms with Crippen molar-refractivity contribution in [3.8, 4) is 5.75 Å². The molecule has 1 aliphatic heterocycles. The fraction of sp³-hybridized carbons (Fsp3) is 0.550. The van der Waals surface area contributed by atoms with Crippen LogP contribution in [0.4, 0.5) is 0 Å². The fourth-order valence-corrected chi connectivity index (χ4v) is 3.83. The van der Waals surface area contributed by atoms with E-state index in [4.69, 9.17) is 4.74 Å². The molecule has 0 bridgehead atoms. The molecule has 1 amide bonds. The Morgan fingerprint density at radius 3 is 2.67 bits per heavy atom. The molecule has 3 atom stereocenters. The van der Waals surface area contributed by atoms with E-state index in [1.165, 1.54) is 0 Å². The van der Waals surface area contributed by atoms with Crippen LogP contribution in [0.25, 0.3) is 11.0 Å². The molecule has 7 nitrogen and oxygen atoms in total. The first-order chi connectivity index (χ1) is 12.9. The van der Waals surface area contributed by atoms with Crippen molar-refractivity contribution in [2.75, 3.05) is 20.2 Å². The summed E-state index contributed by atoms with van der Waals surface area (Å²) < 4.78 is 5.43. The maximum Gasteiger partial charge on any atom is 0.249 e. The van der Waals surface area contributed by atoms with Gasteiger partial charge in [0.1, 0.15) is 17.4 Å². The number of carbonyl (C=O) groups excluding carboxylic acids is 1. The standard InChI is InChI=1S/C20H28N4O3/c1-12(2)18(25)19(26)24-20(9-13(3)10-21-11-20)14-5-6-15(27-4)17-16(14)22-7-8-23-17/h5-8,12-13,18,21,25H,9-11H2,1-4H3,(H,24,26)/t13-,18+,20-/m0/s1. The lowest BCUT2D eigenvalue weighted by molar-refractivity contribution is -0.134. The molecule has 0 radical (unpaired) electrons. The second kappa shape index (κ2) is 7.78.